The summed E-state index contributed by atoms with van der Waals surface area (Å²) in [6, 6.07) is 11.0. The number of ether oxygens (including phenoxy) is 1. The maximum atomic E-state index is 14.8. The number of para-hydroxylation sites is 1. The third kappa shape index (κ3) is 4.29. The Labute approximate surface area is 203 Å². The Bertz CT molecular complexity index is 1370. The minimum absolute atomic E-state index is 0.00488. The van der Waals surface area contributed by atoms with Crippen molar-refractivity contribution in [2.45, 2.75) is 43.5 Å². The molecule has 0 radical (unpaired) electrons. The molecule has 1 N–H and O–H groups in total. The third-order valence-corrected chi connectivity index (χ3v) is 9.07. The second-order valence-electron chi connectivity index (χ2n) is 9.25. The van der Waals surface area contributed by atoms with E-state index in [1.807, 2.05) is 24.3 Å². The standard InChI is InChI=1S/C25H28FN3O5S/c1-2-34-17-10-11-24(20(26)12-17)35(32,33)28-14-19(16-6-5-7-16)23(15-28)29-22-9-4-3-8-18(22)21(27-29)13-25(30)31/h3-4,8-12,16,19,23H,2,5-7,13-15H2,1H3,(H,30,31)/t19-,23-/m0/s1. The maximum Gasteiger partial charge on any atom is 0.309 e. The smallest absolute Gasteiger partial charge is 0.309 e. The van der Waals surface area contributed by atoms with E-state index in [0.717, 1.165) is 36.2 Å². The molecule has 0 amide bonds. The molecule has 1 aromatic heterocycles. The van der Waals surface area contributed by atoms with Gasteiger partial charge in [-0.05, 0) is 37.0 Å². The van der Waals surface area contributed by atoms with Crippen LogP contribution in [-0.2, 0) is 21.2 Å². The van der Waals surface area contributed by atoms with Crippen LogP contribution in [0.4, 0.5) is 4.39 Å². The summed E-state index contributed by atoms with van der Waals surface area (Å²) in [5, 5.41) is 14.8. The van der Waals surface area contributed by atoms with Crippen molar-refractivity contribution in [3.8, 4) is 5.75 Å². The van der Waals surface area contributed by atoms with Gasteiger partial charge in [-0.2, -0.15) is 9.40 Å². The minimum atomic E-state index is -4.09. The lowest BCUT2D eigenvalue weighted by Crippen LogP contribution is -2.32. The van der Waals surface area contributed by atoms with E-state index in [2.05, 4.69) is 5.10 Å². The predicted molar refractivity (Wildman–Crippen MR) is 127 cm³/mol. The van der Waals surface area contributed by atoms with Gasteiger partial charge in [0.05, 0.1) is 30.3 Å². The molecule has 1 saturated carbocycles. The maximum absolute atomic E-state index is 14.8. The molecule has 1 aliphatic heterocycles. The normalized spacial score (nSPS) is 21.3. The molecule has 3 aromatic rings. The number of hydrogen-bond donors (Lipinski definition) is 1. The number of aliphatic carboxylic acids is 1. The Kier molecular flexibility index (Phi) is 6.27. The fourth-order valence-electron chi connectivity index (χ4n) is 5.33. The molecule has 2 fully saturated rings. The summed E-state index contributed by atoms with van der Waals surface area (Å²) >= 11 is 0. The number of nitrogens with zero attached hydrogens (tertiary/aromatic N) is 3. The number of benzene rings is 2. The SMILES string of the molecule is CCOc1ccc(S(=O)(=O)N2C[C@@H](C3CCC3)[C@@H](n3nc(CC(=O)O)c4ccccc43)C2)c(F)c1. The molecule has 35 heavy (non-hydrogen) atoms. The zero-order valence-corrected chi connectivity index (χ0v) is 20.2. The Balaban J connectivity index is 1.52. The van der Waals surface area contributed by atoms with Crippen LogP contribution in [-0.4, -0.2) is 53.3 Å². The highest BCUT2D eigenvalue weighted by molar-refractivity contribution is 7.89. The molecule has 2 atom stereocenters. The average molecular weight is 502 g/mol. The summed E-state index contributed by atoms with van der Waals surface area (Å²) in [5.74, 6) is -1.18. The first-order valence-corrected chi connectivity index (χ1v) is 13.3. The van der Waals surface area contributed by atoms with Crippen molar-refractivity contribution in [2.75, 3.05) is 19.7 Å². The van der Waals surface area contributed by atoms with Gasteiger partial charge in [-0.15, -0.1) is 0 Å². The number of sulfonamides is 1. The van der Waals surface area contributed by atoms with Crippen LogP contribution in [0.25, 0.3) is 10.9 Å². The molecule has 2 aromatic carbocycles. The van der Waals surface area contributed by atoms with E-state index in [-0.39, 0.29) is 42.1 Å². The second kappa shape index (κ2) is 9.23. The van der Waals surface area contributed by atoms with Crippen molar-refractivity contribution in [3.05, 3.63) is 54.0 Å². The Morgan fingerprint density at radius 3 is 2.63 bits per heavy atom. The van der Waals surface area contributed by atoms with Crippen molar-refractivity contribution in [3.63, 3.8) is 0 Å². The van der Waals surface area contributed by atoms with E-state index in [0.29, 0.717) is 18.2 Å². The average Bonchev–Trinajstić information content (AvgIpc) is 3.35. The summed E-state index contributed by atoms with van der Waals surface area (Å²) < 4.78 is 50.4. The van der Waals surface area contributed by atoms with Gasteiger partial charge in [0, 0.05) is 24.5 Å². The number of halogens is 1. The van der Waals surface area contributed by atoms with Crippen molar-refractivity contribution in [1.82, 2.24) is 14.1 Å². The molecule has 1 saturated heterocycles. The van der Waals surface area contributed by atoms with Gasteiger partial charge in [-0.25, -0.2) is 12.8 Å². The van der Waals surface area contributed by atoms with Crippen molar-refractivity contribution in [2.24, 2.45) is 11.8 Å². The molecular weight excluding hydrogens is 473 g/mol. The highest BCUT2D eigenvalue weighted by atomic mass is 32.2. The van der Waals surface area contributed by atoms with E-state index >= 15 is 0 Å². The highest BCUT2D eigenvalue weighted by Crippen LogP contribution is 2.45. The number of carbonyl (C=O) groups is 1. The first-order chi connectivity index (χ1) is 16.8. The van der Waals surface area contributed by atoms with E-state index in [9.17, 15) is 22.7 Å². The predicted octanol–water partition coefficient (Wildman–Crippen LogP) is 3.86. The fourth-order valence-corrected chi connectivity index (χ4v) is 6.87. The van der Waals surface area contributed by atoms with Gasteiger partial charge in [-0.3, -0.25) is 9.48 Å². The zero-order chi connectivity index (χ0) is 24.7. The summed E-state index contributed by atoms with van der Waals surface area (Å²) in [5.41, 5.74) is 1.24. The Morgan fingerprint density at radius 2 is 1.97 bits per heavy atom. The molecule has 0 spiro atoms. The van der Waals surface area contributed by atoms with Crippen LogP contribution < -0.4 is 4.74 Å². The van der Waals surface area contributed by atoms with Gasteiger partial charge < -0.3 is 9.84 Å². The number of carboxylic acid groups (broad SMARTS) is 1. The molecule has 2 heterocycles. The van der Waals surface area contributed by atoms with Crippen LogP contribution in [0.5, 0.6) is 5.75 Å². The first-order valence-electron chi connectivity index (χ1n) is 11.9. The van der Waals surface area contributed by atoms with Gasteiger partial charge in [0.15, 0.2) is 0 Å². The minimum Gasteiger partial charge on any atom is -0.494 e. The monoisotopic (exact) mass is 501 g/mol. The number of rotatable bonds is 8. The summed E-state index contributed by atoms with van der Waals surface area (Å²) in [7, 11) is -4.09. The van der Waals surface area contributed by atoms with Gasteiger partial charge in [-0.1, -0.05) is 37.5 Å². The molecule has 0 unspecified atom stereocenters. The van der Waals surface area contributed by atoms with Crippen LogP contribution in [0.2, 0.25) is 0 Å². The number of fused-ring (bicyclic) bond motifs is 1. The second-order valence-corrected chi connectivity index (χ2v) is 11.2. The Morgan fingerprint density at radius 1 is 1.20 bits per heavy atom. The summed E-state index contributed by atoms with van der Waals surface area (Å²) in [6.07, 6.45) is 2.90. The van der Waals surface area contributed by atoms with Gasteiger partial charge in [0.25, 0.3) is 0 Å². The molecule has 8 nitrogen and oxygen atoms in total. The third-order valence-electron chi connectivity index (χ3n) is 7.21. The lowest BCUT2D eigenvalue weighted by molar-refractivity contribution is -0.136. The largest absolute Gasteiger partial charge is 0.494 e. The van der Waals surface area contributed by atoms with Crippen LogP contribution in [0.3, 0.4) is 0 Å². The van der Waals surface area contributed by atoms with E-state index in [1.165, 1.54) is 16.4 Å². The lowest BCUT2D eigenvalue weighted by atomic mass is 9.74. The van der Waals surface area contributed by atoms with E-state index in [1.54, 1.807) is 11.6 Å². The van der Waals surface area contributed by atoms with Crippen LogP contribution in [0, 0.1) is 17.7 Å². The first kappa shape index (κ1) is 23.7. The lowest BCUT2D eigenvalue weighted by Gasteiger charge is -2.34. The fraction of sp³-hybridized carbons (Fsp3) is 0.440. The van der Waals surface area contributed by atoms with Crippen LogP contribution in [0.1, 0.15) is 37.9 Å². The quantitative estimate of drug-likeness (QED) is 0.503. The zero-order valence-electron chi connectivity index (χ0n) is 19.4. The molecule has 0 bridgehead atoms. The van der Waals surface area contributed by atoms with Crippen molar-refractivity contribution < 1.29 is 27.4 Å². The Hall–Kier alpha value is -2.98. The van der Waals surface area contributed by atoms with Crippen molar-refractivity contribution in [1.29, 1.82) is 0 Å². The van der Waals surface area contributed by atoms with E-state index < -0.39 is 21.8 Å². The van der Waals surface area contributed by atoms with Gasteiger partial charge >= 0.3 is 5.97 Å². The molecule has 1 aliphatic carbocycles. The topological polar surface area (TPSA) is 102 Å². The number of hydrogen-bond acceptors (Lipinski definition) is 5. The summed E-state index contributed by atoms with van der Waals surface area (Å²) in [4.78, 5) is 11.1. The molecular formula is C25H28FN3O5S. The van der Waals surface area contributed by atoms with Crippen molar-refractivity contribution >= 4 is 26.9 Å². The highest BCUT2D eigenvalue weighted by Gasteiger charge is 2.46. The molecule has 5 rings (SSSR count). The van der Waals surface area contributed by atoms with E-state index in [4.69, 9.17) is 4.74 Å². The molecule has 186 valence electrons. The number of aromatic nitrogens is 2. The van der Waals surface area contributed by atoms with Crippen LogP contribution in [0.15, 0.2) is 47.4 Å². The number of carboxylic acids is 1. The molecule has 10 heteroatoms. The van der Waals surface area contributed by atoms with Crippen LogP contribution >= 0.6 is 0 Å². The molecule has 2 aliphatic rings. The van der Waals surface area contributed by atoms with Gasteiger partial charge in [0.1, 0.15) is 16.5 Å². The van der Waals surface area contributed by atoms with Gasteiger partial charge in [0.2, 0.25) is 10.0 Å². The summed E-state index contributed by atoms with van der Waals surface area (Å²) in [6.45, 7) is 2.54.